The van der Waals surface area contributed by atoms with Gasteiger partial charge in [-0.3, -0.25) is 4.79 Å². The molecule has 0 unspecified atom stereocenters. The maximum Gasteiger partial charge on any atom is 0.257 e. The van der Waals surface area contributed by atoms with Gasteiger partial charge in [-0.05, 0) is 63.8 Å². The topological polar surface area (TPSA) is 47.6 Å². The van der Waals surface area contributed by atoms with E-state index in [0.29, 0.717) is 13.2 Å². The molecule has 0 radical (unpaired) electrons. The molecule has 0 aromatic heterocycles. The lowest BCUT2D eigenvalue weighted by Crippen LogP contribution is -2.30. The molecule has 1 rings (SSSR count). The van der Waals surface area contributed by atoms with E-state index in [2.05, 4.69) is 21.2 Å². The van der Waals surface area contributed by atoms with Crippen molar-refractivity contribution in [2.75, 3.05) is 19.8 Å². The van der Waals surface area contributed by atoms with Gasteiger partial charge >= 0.3 is 0 Å². The van der Waals surface area contributed by atoms with Gasteiger partial charge in [-0.1, -0.05) is 15.9 Å². The molecule has 1 N–H and O–H groups in total. The summed E-state index contributed by atoms with van der Waals surface area (Å²) >= 11 is 3.56. The number of hydrogen-bond acceptors (Lipinski definition) is 3. The number of amides is 1. The van der Waals surface area contributed by atoms with Gasteiger partial charge in [0.25, 0.3) is 5.91 Å². The quantitative estimate of drug-likeness (QED) is 0.708. The van der Waals surface area contributed by atoms with Crippen molar-refractivity contribution in [3.05, 3.63) is 27.2 Å². The Hall–Kier alpha value is -1.07. The summed E-state index contributed by atoms with van der Waals surface area (Å²) in [7, 11) is 0. The number of carbonyl (C=O) groups excluding carboxylic acids is 1. The van der Waals surface area contributed by atoms with Crippen LogP contribution in [0.1, 0.15) is 37.0 Å². The molecule has 0 heterocycles. The van der Waals surface area contributed by atoms with Crippen molar-refractivity contribution in [1.29, 1.82) is 0 Å². The molecule has 0 aliphatic heterocycles. The summed E-state index contributed by atoms with van der Waals surface area (Å²) in [5.41, 5.74) is 3.29. The molecule has 1 aromatic carbocycles. The molecule has 0 aliphatic rings. The first-order valence-electron chi connectivity index (χ1n) is 7.60. The van der Waals surface area contributed by atoms with Crippen LogP contribution < -0.4 is 10.1 Å². The number of rotatable bonds is 8. The Kier molecular flexibility index (Phi) is 7.90. The summed E-state index contributed by atoms with van der Waals surface area (Å²) in [4.78, 5) is 11.8. The third kappa shape index (κ3) is 5.97. The minimum absolute atomic E-state index is 0.0341. The van der Waals surface area contributed by atoms with E-state index in [1.165, 1.54) is 0 Å². The zero-order chi connectivity index (χ0) is 16.7. The molecule has 0 aliphatic carbocycles. The summed E-state index contributed by atoms with van der Waals surface area (Å²) in [6.07, 6.45) is 1.03. The number of halogens is 1. The van der Waals surface area contributed by atoms with E-state index >= 15 is 0 Å². The van der Waals surface area contributed by atoms with Crippen molar-refractivity contribution in [3.8, 4) is 5.75 Å². The lowest BCUT2D eigenvalue weighted by molar-refractivity contribution is -0.123. The third-order valence-electron chi connectivity index (χ3n) is 3.41. The van der Waals surface area contributed by atoms with Gasteiger partial charge in [0.05, 0.1) is 6.10 Å². The first kappa shape index (κ1) is 19.0. The van der Waals surface area contributed by atoms with Crippen LogP contribution in [-0.4, -0.2) is 31.8 Å². The van der Waals surface area contributed by atoms with Crippen molar-refractivity contribution in [1.82, 2.24) is 5.32 Å². The summed E-state index contributed by atoms with van der Waals surface area (Å²) in [5.74, 6) is 0.652. The third-order valence-corrected chi connectivity index (χ3v) is 4.63. The predicted molar refractivity (Wildman–Crippen MR) is 92.6 cm³/mol. The molecule has 1 amide bonds. The van der Waals surface area contributed by atoms with E-state index in [1.54, 1.807) is 0 Å². The van der Waals surface area contributed by atoms with Gasteiger partial charge in [-0.2, -0.15) is 0 Å². The van der Waals surface area contributed by atoms with Crippen molar-refractivity contribution < 1.29 is 14.3 Å². The smallest absolute Gasteiger partial charge is 0.257 e. The average molecular weight is 372 g/mol. The van der Waals surface area contributed by atoms with Gasteiger partial charge in [0.2, 0.25) is 0 Å². The first-order chi connectivity index (χ1) is 10.3. The molecule has 0 bridgehead atoms. The van der Waals surface area contributed by atoms with Gasteiger partial charge in [-0.25, -0.2) is 0 Å². The molecule has 0 saturated heterocycles. The van der Waals surface area contributed by atoms with Gasteiger partial charge in [-0.15, -0.1) is 0 Å². The number of hydrogen-bond donors (Lipinski definition) is 1. The van der Waals surface area contributed by atoms with Crippen LogP contribution >= 0.6 is 15.9 Å². The van der Waals surface area contributed by atoms with Crippen molar-refractivity contribution in [3.63, 3.8) is 0 Å². The van der Waals surface area contributed by atoms with Crippen LogP contribution in [0, 0.1) is 20.8 Å². The highest BCUT2D eigenvalue weighted by Crippen LogP contribution is 2.31. The average Bonchev–Trinajstić information content (AvgIpc) is 2.46. The predicted octanol–water partition coefficient (Wildman–Crippen LogP) is 3.68. The van der Waals surface area contributed by atoms with E-state index in [1.807, 2.05) is 40.7 Å². The lowest BCUT2D eigenvalue weighted by atomic mass is 10.1. The number of aryl methyl sites for hydroxylation is 1. The Morgan fingerprint density at radius 3 is 2.59 bits per heavy atom. The normalized spacial score (nSPS) is 10.9. The molecule has 124 valence electrons. The Balaban J connectivity index is 2.39. The minimum atomic E-state index is -0.109. The van der Waals surface area contributed by atoms with Crippen LogP contribution in [0.4, 0.5) is 0 Å². The number of carbonyl (C=O) groups is 1. The molecule has 1 aromatic rings. The highest BCUT2D eigenvalue weighted by molar-refractivity contribution is 9.10. The SMILES string of the molecule is Cc1cc(OCC(=O)NCCCOC(C)C)c(C)c(C)c1Br. The molecule has 0 spiro atoms. The van der Waals surface area contributed by atoms with Gasteiger partial charge in [0.1, 0.15) is 5.75 Å². The molecule has 0 fully saturated rings. The van der Waals surface area contributed by atoms with Gasteiger partial charge < -0.3 is 14.8 Å². The fraction of sp³-hybridized carbons (Fsp3) is 0.588. The van der Waals surface area contributed by atoms with Crippen LogP contribution in [0.5, 0.6) is 5.75 Å². The summed E-state index contributed by atoms with van der Waals surface area (Å²) in [5, 5.41) is 2.83. The monoisotopic (exact) mass is 371 g/mol. The van der Waals surface area contributed by atoms with Crippen LogP contribution in [0.2, 0.25) is 0 Å². The minimum Gasteiger partial charge on any atom is -0.483 e. The fourth-order valence-corrected chi connectivity index (χ4v) is 2.39. The Morgan fingerprint density at radius 1 is 1.27 bits per heavy atom. The van der Waals surface area contributed by atoms with E-state index in [-0.39, 0.29) is 18.6 Å². The van der Waals surface area contributed by atoms with E-state index in [0.717, 1.165) is 33.3 Å². The largest absolute Gasteiger partial charge is 0.483 e. The second kappa shape index (κ2) is 9.16. The van der Waals surface area contributed by atoms with Crippen LogP contribution in [-0.2, 0) is 9.53 Å². The number of ether oxygens (including phenoxy) is 2. The molecule has 4 nitrogen and oxygen atoms in total. The molecule has 0 saturated carbocycles. The zero-order valence-corrected chi connectivity index (χ0v) is 15.7. The molecular weight excluding hydrogens is 346 g/mol. The highest BCUT2D eigenvalue weighted by atomic mass is 79.9. The molecule has 22 heavy (non-hydrogen) atoms. The Labute approximate surface area is 141 Å². The number of benzene rings is 1. The van der Waals surface area contributed by atoms with Crippen molar-refractivity contribution >= 4 is 21.8 Å². The Bertz CT molecular complexity index is 515. The Morgan fingerprint density at radius 2 is 1.95 bits per heavy atom. The zero-order valence-electron chi connectivity index (χ0n) is 14.1. The summed E-state index contributed by atoms with van der Waals surface area (Å²) in [6.45, 7) is 11.3. The molecule has 0 atom stereocenters. The second-order valence-corrected chi connectivity index (χ2v) is 6.46. The first-order valence-corrected chi connectivity index (χ1v) is 8.39. The molecule has 5 heteroatoms. The summed E-state index contributed by atoms with van der Waals surface area (Å²) < 4.78 is 12.2. The maximum atomic E-state index is 11.8. The highest BCUT2D eigenvalue weighted by Gasteiger charge is 2.10. The van der Waals surface area contributed by atoms with Crippen molar-refractivity contribution in [2.45, 2.75) is 47.1 Å². The lowest BCUT2D eigenvalue weighted by Gasteiger charge is -2.14. The number of nitrogens with one attached hydrogen (secondary N) is 1. The van der Waals surface area contributed by atoms with Crippen LogP contribution in [0.25, 0.3) is 0 Å². The van der Waals surface area contributed by atoms with Gasteiger partial charge in [0.15, 0.2) is 6.61 Å². The van der Waals surface area contributed by atoms with Crippen molar-refractivity contribution in [2.24, 2.45) is 0 Å². The molecular formula is C17H26BrNO3. The standard InChI is InChI=1S/C17H26BrNO3/c1-11(2)21-8-6-7-19-16(20)10-22-15-9-12(3)17(18)14(5)13(15)4/h9,11H,6-8,10H2,1-5H3,(H,19,20). The van der Waals surface area contributed by atoms with E-state index in [9.17, 15) is 4.79 Å². The maximum absolute atomic E-state index is 11.8. The van der Waals surface area contributed by atoms with Crippen LogP contribution in [0.15, 0.2) is 10.5 Å². The summed E-state index contributed by atoms with van der Waals surface area (Å²) in [6, 6.07) is 1.95. The van der Waals surface area contributed by atoms with Crippen LogP contribution in [0.3, 0.4) is 0 Å². The fourth-order valence-electron chi connectivity index (χ4n) is 1.98. The van der Waals surface area contributed by atoms with E-state index in [4.69, 9.17) is 9.47 Å². The van der Waals surface area contributed by atoms with Gasteiger partial charge in [0, 0.05) is 17.6 Å². The van der Waals surface area contributed by atoms with E-state index < -0.39 is 0 Å². The second-order valence-electron chi connectivity index (χ2n) is 5.67.